The molecule has 4 rings (SSSR count). The molecule has 154 valence electrons. The highest BCUT2D eigenvalue weighted by atomic mass is 32.1. The van der Waals surface area contributed by atoms with E-state index >= 15 is 0 Å². The highest BCUT2D eigenvalue weighted by molar-refractivity contribution is 7.13. The summed E-state index contributed by atoms with van der Waals surface area (Å²) in [5.74, 6) is -0.710. The Morgan fingerprint density at radius 3 is 2.53 bits per heavy atom. The third-order valence-corrected chi connectivity index (χ3v) is 5.36. The molecule has 1 fully saturated rings. The number of aromatic nitrogens is 1. The second-order valence-corrected chi connectivity index (χ2v) is 7.76. The van der Waals surface area contributed by atoms with Crippen LogP contribution in [-0.4, -0.2) is 22.8 Å². The predicted molar refractivity (Wildman–Crippen MR) is 107 cm³/mol. The molecule has 2 amide bonds. The molecule has 1 saturated carbocycles. The normalized spacial score (nSPS) is 13.7. The number of halogens is 3. The van der Waals surface area contributed by atoms with Crippen LogP contribution in [0.3, 0.4) is 0 Å². The Bertz CT molecular complexity index is 1110. The third-order valence-electron chi connectivity index (χ3n) is 4.47. The van der Waals surface area contributed by atoms with Crippen LogP contribution in [0, 0.1) is 0 Å². The zero-order valence-corrected chi connectivity index (χ0v) is 16.3. The largest absolute Gasteiger partial charge is 0.416 e. The van der Waals surface area contributed by atoms with Crippen molar-refractivity contribution in [2.45, 2.75) is 25.1 Å². The number of benzene rings is 2. The standard InChI is InChI=1S/C21H16F3N3O2S/c22-21(23,24)14-5-1-4-13(9-14)20-27-17(11-30-20)19(29)26-16-6-2-3-12(10-16)18(28)25-15-7-8-15/h1-6,9-11,15H,7-8H2,(H,25,28)(H,26,29). The lowest BCUT2D eigenvalue weighted by Gasteiger charge is -2.07. The summed E-state index contributed by atoms with van der Waals surface area (Å²) >= 11 is 1.08. The molecule has 9 heteroatoms. The van der Waals surface area contributed by atoms with Gasteiger partial charge in [-0.1, -0.05) is 18.2 Å². The smallest absolute Gasteiger partial charge is 0.349 e. The lowest BCUT2D eigenvalue weighted by atomic mass is 10.1. The number of hydrogen-bond donors (Lipinski definition) is 2. The minimum atomic E-state index is -4.45. The average molecular weight is 431 g/mol. The number of anilines is 1. The average Bonchev–Trinajstić information content (AvgIpc) is 3.39. The Morgan fingerprint density at radius 1 is 1.03 bits per heavy atom. The van der Waals surface area contributed by atoms with Gasteiger partial charge in [-0.15, -0.1) is 11.3 Å². The number of amides is 2. The van der Waals surface area contributed by atoms with Crippen molar-refractivity contribution in [3.63, 3.8) is 0 Å². The maximum Gasteiger partial charge on any atom is 0.416 e. The molecule has 1 aromatic heterocycles. The Kier molecular flexibility index (Phi) is 5.29. The van der Waals surface area contributed by atoms with E-state index in [4.69, 9.17) is 0 Å². The van der Waals surface area contributed by atoms with E-state index in [1.807, 2.05) is 0 Å². The number of alkyl halides is 3. The lowest BCUT2D eigenvalue weighted by Crippen LogP contribution is -2.25. The van der Waals surface area contributed by atoms with Crippen molar-refractivity contribution in [1.29, 1.82) is 0 Å². The van der Waals surface area contributed by atoms with Gasteiger partial charge in [0.15, 0.2) is 0 Å². The summed E-state index contributed by atoms with van der Waals surface area (Å²) < 4.78 is 38.7. The molecule has 0 spiro atoms. The summed E-state index contributed by atoms with van der Waals surface area (Å²) in [7, 11) is 0. The van der Waals surface area contributed by atoms with Crippen LogP contribution >= 0.6 is 11.3 Å². The molecule has 5 nitrogen and oxygen atoms in total. The molecule has 0 aliphatic heterocycles. The van der Waals surface area contributed by atoms with Gasteiger partial charge in [-0.2, -0.15) is 13.2 Å². The number of nitrogens with zero attached hydrogens (tertiary/aromatic N) is 1. The van der Waals surface area contributed by atoms with Crippen LogP contribution in [0.4, 0.5) is 18.9 Å². The summed E-state index contributed by atoms with van der Waals surface area (Å²) in [6.07, 6.45) is -2.51. The molecule has 0 atom stereocenters. The number of carbonyl (C=O) groups excluding carboxylic acids is 2. The van der Waals surface area contributed by atoms with Crippen molar-refractivity contribution in [1.82, 2.24) is 10.3 Å². The summed E-state index contributed by atoms with van der Waals surface area (Å²) in [4.78, 5) is 28.8. The zero-order chi connectivity index (χ0) is 21.3. The minimum Gasteiger partial charge on any atom is -0.349 e. The van der Waals surface area contributed by atoms with Crippen LogP contribution in [-0.2, 0) is 6.18 Å². The van der Waals surface area contributed by atoms with Crippen LogP contribution in [0.5, 0.6) is 0 Å². The molecule has 1 aliphatic rings. The van der Waals surface area contributed by atoms with E-state index in [0.29, 0.717) is 16.3 Å². The number of carbonyl (C=O) groups is 2. The second-order valence-electron chi connectivity index (χ2n) is 6.90. The van der Waals surface area contributed by atoms with Crippen molar-refractivity contribution in [3.05, 3.63) is 70.7 Å². The highest BCUT2D eigenvalue weighted by Crippen LogP contribution is 2.33. The van der Waals surface area contributed by atoms with E-state index in [2.05, 4.69) is 15.6 Å². The lowest BCUT2D eigenvalue weighted by molar-refractivity contribution is -0.137. The fourth-order valence-corrected chi connectivity index (χ4v) is 3.57. The van der Waals surface area contributed by atoms with Crippen molar-refractivity contribution in [2.24, 2.45) is 0 Å². The first-order valence-electron chi connectivity index (χ1n) is 9.15. The summed E-state index contributed by atoms with van der Waals surface area (Å²) in [5.41, 5.74) is 0.454. The van der Waals surface area contributed by atoms with E-state index in [-0.39, 0.29) is 23.2 Å². The SMILES string of the molecule is O=C(NC1CC1)c1cccc(NC(=O)c2csc(-c3cccc(C(F)(F)F)c3)n2)c1. The molecular weight excluding hydrogens is 415 g/mol. The fourth-order valence-electron chi connectivity index (χ4n) is 2.77. The van der Waals surface area contributed by atoms with Crippen molar-refractivity contribution < 1.29 is 22.8 Å². The molecule has 3 aromatic rings. The van der Waals surface area contributed by atoms with Gasteiger partial charge in [-0.3, -0.25) is 9.59 Å². The van der Waals surface area contributed by atoms with Gasteiger partial charge >= 0.3 is 6.18 Å². The summed E-state index contributed by atoms with van der Waals surface area (Å²) in [6.45, 7) is 0. The van der Waals surface area contributed by atoms with Gasteiger partial charge in [0.05, 0.1) is 5.56 Å². The minimum absolute atomic E-state index is 0.0836. The van der Waals surface area contributed by atoms with Gasteiger partial charge in [0, 0.05) is 28.2 Å². The quantitative estimate of drug-likeness (QED) is 0.599. The maximum absolute atomic E-state index is 12.9. The number of thiazole rings is 1. The molecule has 0 saturated heterocycles. The van der Waals surface area contributed by atoms with Crippen LogP contribution in [0.2, 0.25) is 0 Å². The number of nitrogens with one attached hydrogen (secondary N) is 2. The van der Waals surface area contributed by atoms with Gasteiger partial charge in [0.25, 0.3) is 11.8 Å². The van der Waals surface area contributed by atoms with Crippen LogP contribution < -0.4 is 10.6 Å². The van der Waals surface area contributed by atoms with E-state index in [9.17, 15) is 22.8 Å². The van der Waals surface area contributed by atoms with Gasteiger partial charge in [-0.05, 0) is 43.2 Å². The van der Waals surface area contributed by atoms with Gasteiger partial charge in [0.2, 0.25) is 0 Å². The van der Waals surface area contributed by atoms with E-state index < -0.39 is 17.6 Å². The molecule has 2 aromatic carbocycles. The van der Waals surface area contributed by atoms with Gasteiger partial charge in [-0.25, -0.2) is 4.98 Å². The Balaban J connectivity index is 1.48. The number of hydrogen-bond acceptors (Lipinski definition) is 4. The number of rotatable bonds is 5. The molecule has 1 aliphatic carbocycles. The predicted octanol–water partition coefficient (Wildman–Crippen LogP) is 4.97. The van der Waals surface area contributed by atoms with Gasteiger partial charge < -0.3 is 10.6 Å². The zero-order valence-electron chi connectivity index (χ0n) is 15.5. The first kappa shape index (κ1) is 20.1. The molecule has 30 heavy (non-hydrogen) atoms. The van der Waals surface area contributed by atoms with Crippen LogP contribution in [0.25, 0.3) is 10.6 Å². The second kappa shape index (κ2) is 7.91. The molecule has 1 heterocycles. The maximum atomic E-state index is 12.9. The van der Waals surface area contributed by atoms with E-state index in [1.165, 1.54) is 17.5 Å². The van der Waals surface area contributed by atoms with Crippen molar-refractivity contribution >= 4 is 28.8 Å². The molecule has 2 N–H and O–H groups in total. The molecule has 0 radical (unpaired) electrons. The Labute approximate surface area is 174 Å². The van der Waals surface area contributed by atoms with Crippen LogP contribution in [0.15, 0.2) is 53.9 Å². The van der Waals surface area contributed by atoms with Crippen molar-refractivity contribution in [3.8, 4) is 10.6 Å². The summed E-state index contributed by atoms with van der Waals surface area (Å²) in [5, 5.41) is 7.33. The van der Waals surface area contributed by atoms with Crippen molar-refractivity contribution in [2.75, 3.05) is 5.32 Å². The molecular formula is C21H16F3N3O2S. The Hall–Kier alpha value is -3.20. The highest BCUT2D eigenvalue weighted by Gasteiger charge is 2.30. The van der Waals surface area contributed by atoms with Crippen LogP contribution in [0.1, 0.15) is 39.3 Å². The van der Waals surface area contributed by atoms with E-state index in [0.717, 1.165) is 36.3 Å². The van der Waals surface area contributed by atoms with Gasteiger partial charge in [0.1, 0.15) is 10.7 Å². The molecule has 0 unspecified atom stereocenters. The first-order chi connectivity index (χ1) is 14.3. The topological polar surface area (TPSA) is 71.1 Å². The fraction of sp³-hybridized carbons (Fsp3) is 0.190. The monoisotopic (exact) mass is 431 g/mol. The van der Waals surface area contributed by atoms with E-state index in [1.54, 1.807) is 24.3 Å². The first-order valence-corrected chi connectivity index (χ1v) is 10.0. The molecule has 0 bridgehead atoms. The summed E-state index contributed by atoms with van der Waals surface area (Å²) in [6, 6.07) is 11.5. The Morgan fingerprint density at radius 2 is 1.80 bits per heavy atom. The third kappa shape index (κ3) is 4.68.